The van der Waals surface area contributed by atoms with Crippen LogP contribution in [0.15, 0.2) is 47.3 Å². The Kier molecular flexibility index (Phi) is 3.44. The third-order valence-electron chi connectivity index (χ3n) is 2.68. The number of primary amides is 1. The van der Waals surface area contributed by atoms with E-state index in [0.29, 0.717) is 5.69 Å². The molecule has 0 bridgehead atoms. The van der Waals surface area contributed by atoms with Crippen molar-refractivity contribution in [1.29, 1.82) is 5.26 Å². The van der Waals surface area contributed by atoms with Gasteiger partial charge in [0.25, 0.3) is 5.56 Å². The average Bonchev–Trinajstić information content (AvgIpc) is 2.41. The van der Waals surface area contributed by atoms with Gasteiger partial charge < -0.3 is 5.73 Å². The Hall–Kier alpha value is -2.87. The van der Waals surface area contributed by atoms with Gasteiger partial charge in [-0.2, -0.15) is 5.26 Å². The maximum absolute atomic E-state index is 12.1. The van der Waals surface area contributed by atoms with Crippen molar-refractivity contribution in [2.75, 3.05) is 0 Å². The number of aromatic nitrogens is 1. The fraction of sp³-hybridized carbons (Fsp3) is 0.0714. The Morgan fingerprint density at radius 2 is 1.89 bits per heavy atom. The number of carbonyl (C=O) groups is 1. The summed E-state index contributed by atoms with van der Waals surface area (Å²) in [4.78, 5) is 23.1. The second kappa shape index (κ2) is 5.19. The molecule has 0 fully saturated rings. The van der Waals surface area contributed by atoms with Gasteiger partial charge in [-0.15, -0.1) is 0 Å². The van der Waals surface area contributed by atoms with Crippen molar-refractivity contribution in [2.24, 2.45) is 5.73 Å². The highest BCUT2D eigenvalue weighted by molar-refractivity contribution is 5.75. The SMILES string of the molecule is N#Cc1ccc(-c2ccccc2)n(CC(N)=O)c1=O. The minimum absolute atomic E-state index is 0.0130. The van der Waals surface area contributed by atoms with Crippen LogP contribution >= 0.6 is 0 Å². The number of hydrogen-bond acceptors (Lipinski definition) is 3. The van der Waals surface area contributed by atoms with Crippen molar-refractivity contribution in [1.82, 2.24) is 4.57 Å². The number of nitrogens with two attached hydrogens (primary N) is 1. The van der Waals surface area contributed by atoms with Crippen molar-refractivity contribution in [3.63, 3.8) is 0 Å². The molecule has 0 radical (unpaired) electrons. The average molecular weight is 253 g/mol. The third-order valence-corrected chi connectivity index (χ3v) is 2.68. The Morgan fingerprint density at radius 1 is 1.21 bits per heavy atom. The molecule has 1 aromatic heterocycles. The van der Waals surface area contributed by atoms with Crippen molar-refractivity contribution in [2.45, 2.75) is 6.54 Å². The van der Waals surface area contributed by atoms with Crippen molar-refractivity contribution in [3.8, 4) is 17.3 Å². The molecule has 2 rings (SSSR count). The van der Waals surface area contributed by atoms with Gasteiger partial charge in [0.05, 0.1) is 5.69 Å². The monoisotopic (exact) mass is 253 g/mol. The van der Waals surface area contributed by atoms with E-state index in [4.69, 9.17) is 11.0 Å². The summed E-state index contributed by atoms with van der Waals surface area (Å²) in [7, 11) is 0. The Morgan fingerprint density at radius 3 is 2.47 bits per heavy atom. The summed E-state index contributed by atoms with van der Waals surface area (Å²) in [5, 5.41) is 8.86. The number of carbonyl (C=O) groups excluding carboxylic acids is 1. The molecule has 19 heavy (non-hydrogen) atoms. The largest absolute Gasteiger partial charge is 0.368 e. The van der Waals surface area contributed by atoms with Gasteiger partial charge in [-0.1, -0.05) is 30.3 Å². The molecule has 2 N–H and O–H groups in total. The standard InChI is InChI=1S/C14H11N3O2/c15-8-11-6-7-12(10-4-2-1-3-5-10)17(14(11)19)9-13(16)18/h1-7H,9H2,(H2,16,18). The van der Waals surface area contributed by atoms with Crippen LogP contribution in [0.5, 0.6) is 0 Å². The second-order valence-corrected chi connectivity index (χ2v) is 3.97. The van der Waals surface area contributed by atoms with Crippen LogP contribution in [0, 0.1) is 11.3 Å². The predicted octanol–water partition coefficient (Wildman–Crippen LogP) is 0.872. The molecule has 0 aliphatic carbocycles. The number of benzene rings is 1. The molecule has 0 atom stereocenters. The van der Waals surface area contributed by atoms with Gasteiger partial charge >= 0.3 is 0 Å². The zero-order chi connectivity index (χ0) is 13.8. The highest BCUT2D eigenvalue weighted by Crippen LogP contribution is 2.17. The van der Waals surface area contributed by atoms with Gasteiger partial charge in [0.15, 0.2) is 0 Å². The molecule has 0 spiro atoms. The maximum Gasteiger partial charge on any atom is 0.269 e. The van der Waals surface area contributed by atoms with Crippen molar-refractivity contribution < 1.29 is 4.79 Å². The third kappa shape index (κ3) is 2.53. The van der Waals surface area contributed by atoms with Crippen LogP contribution in [-0.4, -0.2) is 10.5 Å². The minimum Gasteiger partial charge on any atom is -0.368 e. The second-order valence-electron chi connectivity index (χ2n) is 3.97. The lowest BCUT2D eigenvalue weighted by atomic mass is 10.1. The zero-order valence-electron chi connectivity index (χ0n) is 10.0. The predicted molar refractivity (Wildman–Crippen MR) is 70.0 cm³/mol. The van der Waals surface area contributed by atoms with Gasteiger partial charge in [0.2, 0.25) is 5.91 Å². The van der Waals surface area contributed by atoms with E-state index in [1.54, 1.807) is 12.1 Å². The molecule has 2 aromatic rings. The summed E-state index contributed by atoms with van der Waals surface area (Å²) < 4.78 is 1.22. The molecular weight excluding hydrogens is 242 g/mol. The summed E-state index contributed by atoms with van der Waals surface area (Å²) in [6.07, 6.45) is 0. The van der Waals surface area contributed by atoms with Gasteiger partial charge in [0, 0.05) is 0 Å². The number of nitrogens with zero attached hydrogens (tertiary/aromatic N) is 2. The first-order chi connectivity index (χ1) is 9.13. The lowest BCUT2D eigenvalue weighted by molar-refractivity contribution is -0.118. The Labute approximate surface area is 109 Å². The van der Waals surface area contributed by atoms with E-state index in [1.807, 2.05) is 30.3 Å². The fourth-order valence-electron chi connectivity index (χ4n) is 1.84. The molecule has 1 heterocycles. The number of nitriles is 1. The van der Waals surface area contributed by atoms with E-state index < -0.39 is 11.5 Å². The number of rotatable bonds is 3. The summed E-state index contributed by atoms with van der Waals surface area (Å²) in [6, 6.07) is 14.0. The first kappa shape index (κ1) is 12.6. The van der Waals surface area contributed by atoms with Gasteiger partial charge in [-0.25, -0.2) is 0 Å². The van der Waals surface area contributed by atoms with Crippen LogP contribution in [0.1, 0.15) is 5.56 Å². The molecule has 5 heteroatoms. The summed E-state index contributed by atoms with van der Waals surface area (Å²) in [6.45, 7) is -0.251. The van der Waals surface area contributed by atoms with Crippen LogP contribution in [0.25, 0.3) is 11.3 Å². The smallest absolute Gasteiger partial charge is 0.269 e. The molecule has 1 amide bonds. The highest BCUT2D eigenvalue weighted by atomic mass is 16.2. The minimum atomic E-state index is -0.630. The molecule has 0 aliphatic heterocycles. The lowest BCUT2D eigenvalue weighted by Gasteiger charge is -2.11. The van der Waals surface area contributed by atoms with E-state index in [9.17, 15) is 9.59 Å². The summed E-state index contributed by atoms with van der Waals surface area (Å²) >= 11 is 0. The fourth-order valence-corrected chi connectivity index (χ4v) is 1.84. The zero-order valence-corrected chi connectivity index (χ0v) is 10.0. The quantitative estimate of drug-likeness (QED) is 0.880. The van der Waals surface area contributed by atoms with E-state index in [2.05, 4.69) is 0 Å². The summed E-state index contributed by atoms with van der Waals surface area (Å²) in [5.41, 5.74) is 5.97. The maximum atomic E-state index is 12.1. The lowest BCUT2D eigenvalue weighted by Crippen LogP contribution is -2.30. The first-order valence-electron chi connectivity index (χ1n) is 5.61. The first-order valence-corrected chi connectivity index (χ1v) is 5.61. The highest BCUT2D eigenvalue weighted by Gasteiger charge is 2.11. The number of hydrogen-bond donors (Lipinski definition) is 1. The summed E-state index contributed by atoms with van der Waals surface area (Å²) in [5.74, 6) is -0.630. The van der Waals surface area contributed by atoms with Crippen LogP contribution < -0.4 is 11.3 Å². The molecule has 0 aliphatic rings. The Bertz CT molecular complexity index is 712. The van der Waals surface area contributed by atoms with Gasteiger partial charge in [0.1, 0.15) is 18.2 Å². The molecule has 0 saturated heterocycles. The van der Waals surface area contributed by atoms with Crippen molar-refractivity contribution >= 4 is 5.91 Å². The van der Waals surface area contributed by atoms with Crippen molar-refractivity contribution in [3.05, 3.63) is 58.4 Å². The van der Waals surface area contributed by atoms with Gasteiger partial charge in [-0.05, 0) is 17.7 Å². The topological polar surface area (TPSA) is 88.9 Å². The van der Waals surface area contributed by atoms with Gasteiger partial charge in [-0.3, -0.25) is 14.2 Å². The Balaban J connectivity index is 2.68. The molecule has 0 unspecified atom stereocenters. The number of amides is 1. The van der Waals surface area contributed by atoms with Crippen LogP contribution in [-0.2, 0) is 11.3 Å². The van der Waals surface area contributed by atoms with E-state index in [1.165, 1.54) is 10.6 Å². The normalized spacial score (nSPS) is 9.84. The van der Waals surface area contributed by atoms with E-state index in [0.717, 1.165) is 5.56 Å². The molecule has 94 valence electrons. The molecule has 1 aromatic carbocycles. The molecular formula is C14H11N3O2. The van der Waals surface area contributed by atoms with E-state index >= 15 is 0 Å². The number of pyridine rings is 1. The molecule has 0 saturated carbocycles. The molecule has 5 nitrogen and oxygen atoms in total. The van der Waals surface area contributed by atoms with E-state index in [-0.39, 0.29) is 12.1 Å². The van der Waals surface area contributed by atoms with Crippen LogP contribution in [0.4, 0.5) is 0 Å². The van der Waals surface area contributed by atoms with Crippen LogP contribution in [0.2, 0.25) is 0 Å². The van der Waals surface area contributed by atoms with Crippen LogP contribution in [0.3, 0.4) is 0 Å².